The molecule has 0 saturated heterocycles. The molecule has 0 aliphatic carbocycles. The maximum absolute atomic E-state index is 12.7. The van der Waals surface area contributed by atoms with Crippen molar-refractivity contribution in [2.24, 2.45) is 5.73 Å². The Labute approximate surface area is 518 Å². The topological polar surface area (TPSA) is 134 Å². The van der Waals surface area contributed by atoms with Gasteiger partial charge in [0, 0.05) is 19.4 Å². The third-order valence-corrected chi connectivity index (χ3v) is 13.6. The van der Waals surface area contributed by atoms with Crippen molar-refractivity contribution >= 4 is 19.8 Å². The van der Waals surface area contributed by atoms with Crippen LogP contribution in [-0.2, 0) is 32.7 Å². The van der Waals surface area contributed by atoms with Crippen LogP contribution in [0, 0.1) is 0 Å². The number of carbonyl (C=O) groups is 2. The molecule has 85 heavy (non-hydrogen) atoms. The molecule has 0 rings (SSSR count). The highest BCUT2D eigenvalue weighted by Crippen LogP contribution is 2.43. The number of allylic oxidation sites excluding steroid dienone is 34. The van der Waals surface area contributed by atoms with E-state index in [2.05, 4.69) is 214 Å². The van der Waals surface area contributed by atoms with E-state index in [1.165, 1.54) is 38.5 Å². The van der Waals surface area contributed by atoms with E-state index in [9.17, 15) is 19.0 Å². The van der Waals surface area contributed by atoms with E-state index in [0.29, 0.717) is 12.8 Å². The van der Waals surface area contributed by atoms with Gasteiger partial charge in [0.15, 0.2) is 6.10 Å². The van der Waals surface area contributed by atoms with Crippen LogP contribution in [0.4, 0.5) is 0 Å². The molecule has 0 aliphatic heterocycles. The van der Waals surface area contributed by atoms with Gasteiger partial charge in [-0.1, -0.05) is 272 Å². The number of nitrogens with two attached hydrogens (primary N) is 1. The molecule has 0 fully saturated rings. The predicted octanol–water partition coefficient (Wildman–Crippen LogP) is 21.5. The van der Waals surface area contributed by atoms with E-state index in [0.717, 1.165) is 141 Å². The minimum Gasteiger partial charge on any atom is -0.462 e. The van der Waals surface area contributed by atoms with Crippen molar-refractivity contribution in [3.8, 4) is 0 Å². The number of rotatable bonds is 58. The van der Waals surface area contributed by atoms with Crippen LogP contribution in [0.3, 0.4) is 0 Å². The lowest BCUT2D eigenvalue weighted by molar-refractivity contribution is -0.161. The monoisotopic (exact) mass is 1190 g/mol. The molecule has 2 atom stereocenters. The maximum atomic E-state index is 12.7. The van der Waals surface area contributed by atoms with Crippen LogP contribution in [0.1, 0.15) is 219 Å². The molecule has 0 saturated carbocycles. The average molecular weight is 1190 g/mol. The van der Waals surface area contributed by atoms with E-state index in [1.54, 1.807) is 0 Å². The second-order valence-electron chi connectivity index (χ2n) is 20.5. The fraction of sp³-hybridized carbons (Fsp3) is 0.520. The number of hydrogen-bond acceptors (Lipinski definition) is 8. The summed E-state index contributed by atoms with van der Waals surface area (Å²) in [6.45, 7) is 3.41. The van der Waals surface area contributed by atoms with E-state index in [1.807, 2.05) is 6.08 Å². The molecule has 0 amide bonds. The molecule has 0 aromatic rings. The van der Waals surface area contributed by atoms with Crippen LogP contribution in [0.15, 0.2) is 207 Å². The number of carbonyl (C=O) groups excluding carboxylic acids is 2. The van der Waals surface area contributed by atoms with Crippen LogP contribution in [-0.4, -0.2) is 49.3 Å². The average Bonchev–Trinajstić information content (AvgIpc) is 3.52. The Morgan fingerprint density at radius 2 is 0.624 bits per heavy atom. The third-order valence-electron chi connectivity index (χ3n) is 12.7. The summed E-state index contributed by atoms with van der Waals surface area (Å²) in [7, 11) is -4.42. The second-order valence-corrected chi connectivity index (χ2v) is 22.0. The highest BCUT2D eigenvalue weighted by Gasteiger charge is 2.26. The number of hydrogen-bond donors (Lipinski definition) is 2. The molecule has 0 spiro atoms. The lowest BCUT2D eigenvalue weighted by Gasteiger charge is -2.19. The first kappa shape index (κ1) is 79.6. The summed E-state index contributed by atoms with van der Waals surface area (Å²) in [6.07, 6.45) is 105. The molecule has 474 valence electrons. The van der Waals surface area contributed by atoms with Gasteiger partial charge in [-0.2, -0.15) is 0 Å². The standard InChI is InChI=1S/C75H116NO8P/c1-3-5-7-9-11-13-15-17-19-21-23-25-27-28-29-30-31-32-33-34-35-36-37-38-39-40-41-42-43-44-46-48-50-52-54-56-58-60-62-64-66-68-75(78)84-73(72-83-85(79,80)82-70-69-76)71-81-74(77)67-65-63-61-59-57-55-53-51-49-47-45-26-24-22-20-18-16-14-12-10-8-6-4-2/h5-8,11-14,17-20,23-26,28-29,31-32,34-35,37-38,40-41,43-44,47,49,53,55,59,61,73H,3-4,9-10,15-16,21-22,27,30,33,36,39,42,45-46,48,50-52,54,56-58,60,62-72,76H2,1-2H3,(H,79,80)/b7-5-,8-6-,13-11-,14-12-,19-17-,20-18-,25-23-,26-24-,29-28-,32-31-,35-34-,38-37-,41-40-,44-43-,49-47-,55-53-,61-59-. The highest BCUT2D eigenvalue weighted by atomic mass is 31.2. The minimum absolute atomic E-state index is 0.0338. The van der Waals surface area contributed by atoms with Gasteiger partial charge in [-0.25, -0.2) is 4.57 Å². The molecule has 0 aromatic heterocycles. The summed E-state index contributed by atoms with van der Waals surface area (Å²) < 4.78 is 33.0. The van der Waals surface area contributed by atoms with Gasteiger partial charge in [0.1, 0.15) is 6.61 Å². The number of esters is 2. The Kier molecular flexibility index (Phi) is 63.4. The molecular formula is C75H116NO8P. The normalized spacial score (nSPS) is 14.4. The first-order chi connectivity index (χ1) is 41.8. The highest BCUT2D eigenvalue weighted by molar-refractivity contribution is 7.47. The molecule has 3 N–H and O–H groups in total. The minimum atomic E-state index is -4.42. The van der Waals surface area contributed by atoms with Crippen molar-refractivity contribution in [1.29, 1.82) is 0 Å². The van der Waals surface area contributed by atoms with Gasteiger partial charge in [-0.3, -0.25) is 18.6 Å². The van der Waals surface area contributed by atoms with Crippen molar-refractivity contribution in [3.05, 3.63) is 207 Å². The van der Waals surface area contributed by atoms with Crippen molar-refractivity contribution in [1.82, 2.24) is 0 Å². The summed E-state index contributed by atoms with van der Waals surface area (Å²) in [4.78, 5) is 35.2. The quantitative estimate of drug-likeness (QED) is 0.0264. The summed E-state index contributed by atoms with van der Waals surface area (Å²) in [5, 5.41) is 0. The van der Waals surface area contributed by atoms with Gasteiger partial charge < -0.3 is 20.1 Å². The first-order valence-corrected chi connectivity index (χ1v) is 34.1. The van der Waals surface area contributed by atoms with Crippen molar-refractivity contribution in [3.63, 3.8) is 0 Å². The summed E-state index contributed by atoms with van der Waals surface area (Å²) in [5.74, 6) is -0.919. The Morgan fingerprint density at radius 3 is 0.941 bits per heavy atom. The number of ether oxygens (including phenoxy) is 2. The SMILES string of the molecule is CC/C=C\C/C=C\C/C=C\C/C=C\C/C=C\C/C=C\C/C=C\C/C=C\C/C=C\C/C=C\CCCCCCCCCCCCC(=O)OC(COC(=O)CCC/C=C\C/C=C\C/C=C\C/C=C\C/C=C\C/C=C\C/C=C\CC)COP(=O)(O)OCCN. The zero-order chi connectivity index (χ0) is 61.6. The Morgan fingerprint density at radius 1 is 0.353 bits per heavy atom. The lowest BCUT2D eigenvalue weighted by atomic mass is 10.0. The Hall–Kier alpha value is -5.41. The summed E-state index contributed by atoms with van der Waals surface area (Å²) >= 11 is 0. The molecule has 2 unspecified atom stereocenters. The number of phosphoric ester groups is 1. The van der Waals surface area contributed by atoms with Gasteiger partial charge in [-0.15, -0.1) is 0 Å². The molecule has 9 nitrogen and oxygen atoms in total. The van der Waals surface area contributed by atoms with Crippen LogP contribution in [0.2, 0.25) is 0 Å². The van der Waals surface area contributed by atoms with Crippen LogP contribution < -0.4 is 5.73 Å². The van der Waals surface area contributed by atoms with Crippen molar-refractivity contribution in [2.75, 3.05) is 26.4 Å². The smallest absolute Gasteiger partial charge is 0.462 e. The van der Waals surface area contributed by atoms with E-state index < -0.39 is 32.5 Å². The van der Waals surface area contributed by atoms with Crippen LogP contribution in [0.5, 0.6) is 0 Å². The molecule has 0 heterocycles. The zero-order valence-corrected chi connectivity index (χ0v) is 53.9. The van der Waals surface area contributed by atoms with Gasteiger partial charge in [0.05, 0.1) is 13.2 Å². The van der Waals surface area contributed by atoms with Crippen LogP contribution >= 0.6 is 7.82 Å². The summed E-state index contributed by atoms with van der Waals surface area (Å²) in [5.41, 5.74) is 5.38. The predicted molar refractivity (Wildman–Crippen MR) is 366 cm³/mol. The second kappa shape index (κ2) is 67.7. The fourth-order valence-electron chi connectivity index (χ4n) is 7.95. The fourth-order valence-corrected chi connectivity index (χ4v) is 8.71. The van der Waals surface area contributed by atoms with Crippen LogP contribution in [0.25, 0.3) is 0 Å². The van der Waals surface area contributed by atoms with Crippen molar-refractivity contribution < 1.29 is 37.6 Å². The molecule has 0 bridgehead atoms. The number of unbranched alkanes of at least 4 members (excludes halogenated alkanes) is 11. The zero-order valence-electron chi connectivity index (χ0n) is 53.0. The first-order valence-electron chi connectivity index (χ1n) is 32.6. The van der Waals surface area contributed by atoms with Gasteiger partial charge >= 0.3 is 19.8 Å². The molecular weight excluding hydrogens is 1070 g/mol. The van der Waals surface area contributed by atoms with E-state index in [4.69, 9.17) is 24.3 Å². The Balaban J connectivity index is 4.06. The third kappa shape index (κ3) is 67.6. The van der Waals surface area contributed by atoms with Gasteiger partial charge in [0.25, 0.3) is 0 Å². The molecule has 0 aliphatic rings. The van der Waals surface area contributed by atoms with Gasteiger partial charge in [0.2, 0.25) is 0 Å². The van der Waals surface area contributed by atoms with Gasteiger partial charge in [-0.05, 0) is 141 Å². The lowest BCUT2D eigenvalue weighted by Crippen LogP contribution is -2.29. The largest absolute Gasteiger partial charge is 0.472 e. The van der Waals surface area contributed by atoms with E-state index >= 15 is 0 Å². The molecule has 0 aromatic carbocycles. The maximum Gasteiger partial charge on any atom is 0.472 e. The molecule has 10 heteroatoms. The Bertz CT molecular complexity index is 2140. The number of phosphoric acid groups is 1. The molecule has 0 radical (unpaired) electrons. The van der Waals surface area contributed by atoms with E-state index in [-0.39, 0.29) is 32.6 Å². The summed E-state index contributed by atoms with van der Waals surface area (Å²) in [6, 6.07) is 0. The van der Waals surface area contributed by atoms with Crippen molar-refractivity contribution in [2.45, 2.75) is 225 Å².